The van der Waals surface area contributed by atoms with Gasteiger partial charge in [-0.2, -0.15) is 0 Å². The highest BCUT2D eigenvalue weighted by atomic mass is 32.2. The van der Waals surface area contributed by atoms with Crippen molar-refractivity contribution in [2.75, 3.05) is 13.6 Å². The van der Waals surface area contributed by atoms with E-state index >= 15 is 0 Å². The van der Waals surface area contributed by atoms with Crippen LogP contribution in [0, 0.1) is 0 Å². The average Bonchev–Trinajstić information content (AvgIpc) is 2.67. The second kappa shape index (κ2) is 9.63. The van der Waals surface area contributed by atoms with Crippen LogP contribution < -0.4 is 10.0 Å². The number of hydrogen-bond acceptors (Lipinski definition) is 5. The number of amides is 1. The lowest BCUT2D eigenvalue weighted by Crippen LogP contribution is -2.24. The summed E-state index contributed by atoms with van der Waals surface area (Å²) >= 11 is 0. The lowest BCUT2D eigenvalue weighted by Gasteiger charge is -2.05. The van der Waals surface area contributed by atoms with Crippen molar-refractivity contribution in [3.05, 3.63) is 77.2 Å². The van der Waals surface area contributed by atoms with Gasteiger partial charge in [-0.1, -0.05) is 42.5 Å². The molecule has 0 spiro atoms. The summed E-state index contributed by atoms with van der Waals surface area (Å²) in [4.78, 5) is 12.0. The van der Waals surface area contributed by atoms with E-state index in [0.29, 0.717) is 18.5 Å². The van der Waals surface area contributed by atoms with Gasteiger partial charge in [0.05, 0.1) is 10.6 Å². The Balaban J connectivity index is 1.83. The predicted molar refractivity (Wildman–Crippen MR) is 108 cm³/mol. The van der Waals surface area contributed by atoms with E-state index in [1.165, 1.54) is 19.2 Å². The summed E-state index contributed by atoms with van der Waals surface area (Å²) in [7, 11) is -5.67. The van der Waals surface area contributed by atoms with Crippen molar-refractivity contribution in [2.24, 2.45) is 0 Å². The molecule has 0 aromatic heterocycles. The smallest absolute Gasteiger partial charge is 0.244 e. The van der Waals surface area contributed by atoms with Crippen LogP contribution in [0.4, 0.5) is 0 Å². The molecule has 0 fully saturated rings. The van der Waals surface area contributed by atoms with Gasteiger partial charge in [0.1, 0.15) is 0 Å². The molecule has 2 aromatic rings. The van der Waals surface area contributed by atoms with Gasteiger partial charge in [0.15, 0.2) is 9.84 Å². The number of carbonyl (C=O) groups excluding carboxylic acids is 1. The Bertz CT molecular complexity index is 1030. The first-order valence-corrected chi connectivity index (χ1v) is 11.7. The minimum Gasteiger partial charge on any atom is -0.352 e. The lowest BCUT2D eigenvalue weighted by molar-refractivity contribution is -0.116. The fourth-order valence-electron chi connectivity index (χ4n) is 2.36. The molecule has 0 unspecified atom stereocenters. The van der Waals surface area contributed by atoms with Crippen LogP contribution in [-0.4, -0.2) is 36.3 Å². The maximum absolute atomic E-state index is 12.0. The van der Waals surface area contributed by atoms with E-state index in [9.17, 15) is 21.6 Å². The molecule has 2 N–H and O–H groups in total. The van der Waals surface area contributed by atoms with E-state index in [0.717, 1.165) is 17.0 Å². The van der Waals surface area contributed by atoms with Crippen LogP contribution in [0.3, 0.4) is 0 Å². The first-order valence-electron chi connectivity index (χ1n) is 8.47. The van der Waals surface area contributed by atoms with E-state index < -0.39 is 25.8 Å². The molecule has 0 bridgehead atoms. The van der Waals surface area contributed by atoms with Gasteiger partial charge < -0.3 is 5.32 Å². The summed E-state index contributed by atoms with van der Waals surface area (Å²) in [5.74, 6) is -0.675. The quantitative estimate of drug-likeness (QED) is 0.594. The Labute approximate surface area is 165 Å². The third kappa shape index (κ3) is 6.91. The van der Waals surface area contributed by atoms with Crippen LogP contribution in [0.25, 0.3) is 0 Å². The number of rotatable bonds is 9. The Kier molecular flexibility index (Phi) is 7.50. The fourth-order valence-corrected chi connectivity index (χ4v) is 4.18. The summed E-state index contributed by atoms with van der Waals surface area (Å²) in [5, 5.41) is 3.51. The maximum Gasteiger partial charge on any atom is 0.244 e. The van der Waals surface area contributed by atoms with Crippen LogP contribution >= 0.6 is 0 Å². The number of nitrogens with one attached hydrogen (secondary N) is 2. The molecule has 9 heteroatoms. The molecule has 0 saturated heterocycles. The third-order valence-corrected chi connectivity index (χ3v) is 6.57. The SMILES string of the molecule is CNS(=O)(=O)c1ccc(CCNC(=O)/C=C/S(=O)(=O)Cc2ccccc2)cc1. The van der Waals surface area contributed by atoms with Gasteiger partial charge in [0.2, 0.25) is 15.9 Å². The number of sulfonamides is 1. The van der Waals surface area contributed by atoms with Crippen molar-refractivity contribution in [1.82, 2.24) is 10.0 Å². The molecule has 7 nitrogen and oxygen atoms in total. The molecule has 0 aliphatic heterocycles. The minimum absolute atomic E-state index is 0.161. The van der Waals surface area contributed by atoms with E-state index in [2.05, 4.69) is 10.0 Å². The molecular formula is C19H22N2O5S2. The summed E-state index contributed by atoms with van der Waals surface area (Å²) in [6.45, 7) is 0.292. The summed E-state index contributed by atoms with van der Waals surface area (Å²) in [5.41, 5.74) is 1.49. The molecule has 0 aliphatic carbocycles. The van der Waals surface area contributed by atoms with Gasteiger partial charge in [0.25, 0.3) is 0 Å². The van der Waals surface area contributed by atoms with Gasteiger partial charge in [-0.25, -0.2) is 21.6 Å². The first kappa shape index (κ1) is 21.8. The van der Waals surface area contributed by atoms with Crippen LogP contribution in [-0.2, 0) is 36.8 Å². The molecule has 0 aliphatic rings. The number of sulfone groups is 1. The van der Waals surface area contributed by atoms with E-state index in [1.54, 1.807) is 42.5 Å². The van der Waals surface area contributed by atoms with Crippen molar-refractivity contribution in [3.8, 4) is 0 Å². The molecule has 150 valence electrons. The van der Waals surface area contributed by atoms with Crippen LogP contribution in [0.15, 0.2) is 71.0 Å². The number of benzene rings is 2. The Hall–Kier alpha value is -2.49. The van der Waals surface area contributed by atoms with Gasteiger partial charge in [-0.3, -0.25) is 4.79 Å². The van der Waals surface area contributed by atoms with Gasteiger partial charge in [-0.05, 0) is 36.7 Å². The highest BCUT2D eigenvalue weighted by Gasteiger charge is 2.11. The summed E-state index contributed by atoms with van der Waals surface area (Å²) < 4.78 is 49.6. The standard InChI is InChI=1S/C19H22N2O5S2/c1-20-28(25,26)18-9-7-16(8-10-18)11-13-21-19(22)12-14-27(23,24)15-17-5-3-2-4-6-17/h2-10,12,14,20H,11,13,15H2,1H3,(H,21,22)/b14-12+. The van der Waals surface area contributed by atoms with Crippen LogP contribution in [0.2, 0.25) is 0 Å². The highest BCUT2D eigenvalue weighted by Crippen LogP contribution is 2.10. The Morgan fingerprint density at radius 1 is 0.929 bits per heavy atom. The van der Waals surface area contributed by atoms with E-state index in [4.69, 9.17) is 0 Å². The summed E-state index contributed by atoms with van der Waals surface area (Å²) in [6.07, 6.45) is 1.48. The van der Waals surface area contributed by atoms with Gasteiger partial charge in [0, 0.05) is 18.0 Å². The third-order valence-electron chi connectivity index (χ3n) is 3.85. The highest BCUT2D eigenvalue weighted by molar-refractivity contribution is 7.93. The van der Waals surface area contributed by atoms with Crippen molar-refractivity contribution >= 4 is 25.8 Å². The Morgan fingerprint density at radius 2 is 1.57 bits per heavy atom. The fraction of sp³-hybridized carbons (Fsp3) is 0.211. The maximum atomic E-state index is 12.0. The van der Waals surface area contributed by atoms with Crippen LogP contribution in [0.1, 0.15) is 11.1 Å². The minimum atomic E-state index is -3.53. The number of hydrogen-bond donors (Lipinski definition) is 2. The van der Waals surface area contributed by atoms with Crippen LogP contribution in [0.5, 0.6) is 0 Å². The normalized spacial score (nSPS) is 12.2. The molecule has 0 atom stereocenters. The molecule has 0 radical (unpaired) electrons. The topological polar surface area (TPSA) is 109 Å². The molecule has 1 amide bonds. The van der Waals surface area contributed by atoms with Crippen molar-refractivity contribution in [3.63, 3.8) is 0 Å². The molecule has 2 rings (SSSR count). The van der Waals surface area contributed by atoms with Gasteiger partial charge >= 0.3 is 0 Å². The van der Waals surface area contributed by atoms with E-state index in [1.807, 2.05) is 0 Å². The second-order valence-corrected chi connectivity index (χ2v) is 9.76. The molecule has 28 heavy (non-hydrogen) atoms. The second-order valence-electron chi connectivity index (χ2n) is 5.99. The molecule has 2 aromatic carbocycles. The molecular weight excluding hydrogens is 400 g/mol. The molecule has 0 heterocycles. The predicted octanol–water partition coefficient (Wildman–Crippen LogP) is 1.38. The van der Waals surface area contributed by atoms with Crippen molar-refractivity contribution < 1.29 is 21.6 Å². The Morgan fingerprint density at radius 3 is 2.18 bits per heavy atom. The van der Waals surface area contributed by atoms with E-state index in [-0.39, 0.29) is 10.6 Å². The zero-order valence-corrected chi connectivity index (χ0v) is 17.0. The van der Waals surface area contributed by atoms with Crippen molar-refractivity contribution in [2.45, 2.75) is 17.1 Å². The number of carbonyl (C=O) groups is 1. The monoisotopic (exact) mass is 422 g/mol. The summed E-state index contributed by atoms with van der Waals surface area (Å²) in [6, 6.07) is 15.0. The largest absolute Gasteiger partial charge is 0.352 e. The molecule has 0 saturated carbocycles. The zero-order valence-electron chi connectivity index (χ0n) is 15.3. The first-order chi connectivity index (χ1) is 13.2. The van der Waals surface area contributed by atoms with Gasteiger partial charge in [-0.15, -0.1) is 0 Å². The van der Waals surface area contributed by atoms with Crippen molar-refractivity contribution in [1.29, 1.82) is 0 Å². The average molecular weight is 423 g/mol. The lowest BCUT2D eigenvalue weighted by atomic mass is 10.1. The zero-order chi connectivity index (χ0) is 20.6.